The van der Waals surface area contributed by atoms with Crippen LogP contribution < -0.4 is 10.2 Å². The molecule has 1 N–H and O–H groups in total. The average molecular weight is 299 g/mol. The van der Waals surface area contributed by atoms with E-state index in [0.29, 0.717) is 11.8 Å². The van der Waals surface area contributed by atoms with Crippen molar-refractivity contribution in [1.29, 1.82) is 0 Å². The Bertz CT molecular complexity index is 339. The van der Waals surface area contributed by atoms with Crippen LogP contribution in [0.25, 0.3) is 0 Å². The van der Waals surface area contributed by atoms with Crippen LogP contribution in [-0.4, -0.2) is 27.2 Å². The Morgan fingerprint density at radius 3 is 2.59 bits per heavy atom. The predicted molar refractivity (Wildman–Crippen MR) is 79.7 cm³/mol. The van der Waals surface area contributed by atoms with Gasteiger partial charge in [-0.15, -0.1) is 0 Å². The molecule has 96 valence electrons. The van der Waals surface area contributed by atoms with Crippen molar-refractivity contribution >= 4 is 21.6 Å². The third-order valence-corrected chi connectivity index (χ3v) is 3.66. The minimum atomic E-state index is 0.670. The summed E-state index contributed by atoms with van der Waals surface area (Å²) in [7, 11) is 4.18. The van der Waals surface area contributed by atoms with Crippen LogP contribution in [0.1, 0.15) is 13.8 Å². The quantitative estimate of drug-likeness (QED) is 0.866. The highest BCUT2D eigenvalue weighted by Crippen LogP contribution is 2.21. The highest BCUT2D eigenvalue weighted by molar-refractivity contribution is 9.10. The Balaban J connectivity index is 2.66. The average Bonchev–Trinajstić information content (AvgIpc) is 2.28. The number of benzene rings is 1. The number of rotatable bonds is 6. The van der Waals surface area contributed by atoms with E-state index in [0.717, 1.165) is 17.6 Å². The van der Waals surface area contributed by atoms with Crippen molar-refractivity contribution in [2.24, 2.45) is 11.8 Å². The molecular weight excluding hydrogens is 276 g/mol. The van der Waals surface area contributed by atoms with Crippen LogP contribution in [0.15, 0.2) is 28.7 Å². The molecule has 0 radical (unpaired) electrons. The second-order valence-corrected chi connectivity index (χ2v) is 5.84. The Labute approximate surface area is 114 Å². The maximum absolute atomic E-state index is 3.52. The summed E-state index contributed by atoms with van der Waals surface area (Å²) < 4.78 is 1.14. The molecule has 0 aliphatic heterocycles. The van der Waals surface area contributed by atoms with Gasteiger partial charge in [-0.25, -0.2) is 0 Å². The zero-order chi connectivity index (χ0) is 12.8. The minimum absolute atomic E-state index is 0.670. The van der Waals surface area contributed by atoms with Crippen LogP contribution >= 0.6 is 15.9 Å². The first-order valence-electron chi connectivity index (χ1n) is 6.16. The van der Waals surface area contributed by atoms with Crippen molar-refractivity contribution in [3.63, 3.8) is 0 Å². The van der Waals surface area contributed by atoms with Gasteiger partial charge >= 0.3 is 0 Å². The SMILES string of the molecule is CNCC(CN(C)c1cccc(Br)c1)C(C)C. The van der Waals surface area contributed by atoms with Crippen LogP contribution in [-0.2, 0) is 0 Å². The van der Waals surface area contributed by atoms with Crippen molar-refractivity contribution in [3.8, 4) is 0 Å². The summed E-state index contributed by atoms with van der Waals surface area (Å²) in [4.78, 5) is 2.33. The molecule has 1 aromatic carbocycles. The molecule has 0 aliphatic carbocycles. The van der Waals surface area contributed by atoms with Gasteiger partial charge in [-0.05, 0) is 43.6 Å². The molecule has 0 fully saturated rings. The van der Waals surface area contributed by atoms with E-state index < -0.39 is 0 Å². The highest BCUT2D eigenvalue weighted by atomic mass is 79.9. The summed E-state index contributed by atoms with van der Waals surface area (Å²) in [5.41, 5.74) is 1.26. The van der Waals surface area contributed by atoms with Gasteiger partial charge in [-0.2, -0.15) is 0 Å². The predicted octanol–water partition coefficient (Wildman–Crippen LogP) is 3.38. The molecule has 2 nitrogen and oxygen atoms in total. The van der Waals surface area contributed by atoms with Gasteiger partial charge in [0.1, 0.15) is 0 Å². The van der Waals surface area contributed by atoms with Crippen LogP contribution in [0.5, 0.6) is 0 Å². The van der Waals surface area contributed by atoms with Crippen LogP contribution in [0.2, 0.25) is 0 Å². The van der Waals surface area contributed by atoms with Crippen LogP contribution in [0.4, 0.5) is 5.69 Å². The van der Waals surface area contributed by atoms with E-state index in [2.05, 4.69) is 71.3 Å². The summed E-state index contributed by atoms with van der Waals surface area (Å²) >= 11 is 3.52. The molecule has 0 saturated carbocycles. The molecule has 1 aromatic rings. The lowest BCUT2D eigenvalue weighted by Gasteiger charge is -2.28. The van der Waals surface area contributed by atoms with E-state index >= 15 is 0 Å². The number of nitrogens with zero attached hydrogens (tertiary/aromatic N) is 1. The van der Waals surface area contributed by atoms with Crippen molar-refractivity contribution in [3.05, 3.63) is 28.7 Å². The zero-order valence-corrected chi connectivity index (χ0v) is 12.8. The van der Waals surface area contributed by atoms with Crippen molar-refractivity contribution in [2.75, 3.05) is 32.1 Å². The van der Waals surface area contributed by atoms with Crippen molar-refractivity contribution in [1.82, 2.24) is 5.32 Å². The normalized spacial score (nSPS) is 12.8. The lowest BCUT2D eigenvalue weighted by molar-refractivity contribution is 0.376. The minimum Gasteiger partial charge on any atom is -0.374 e. The largest absolute Gasteiger partial charge is 0.374 e. The molecule has 1 unspecified atom stereocenters. The van der Waals surface area contributed by atoms with Gasteiger partial charge in [0.25, 0.3) is 0 Å². The second-order valence-electron chi connectivity index (χ2n) is 4.92. The molecule has 0 heterocycles. The maximum Gasteiger partial charge on any atom is 0.0375 e. The first-order valence-corrected chi connectivity index (χ1v) is 6.95. The fourth-order valence-corrected chi connectivity index (χ4v) is 2.33. The lowest BCUT2D eigenvalue weighted by atomic mass is 9.95. The number of anilines is 1. The summed E-state index contributed by atoms with van der Waals surface area (Å²) in [5.74, 6) is 1.36. The van der Waals surface area contributed by atoms with E-state index in [1.807, 2.05) is 7.05 Å². The first kappa shape index (κ1) is 14.5. The van der Waals surface area contributed by atoms with E-state index in [4.69, 9.17) is 0 Å². The van der Waals surface area contributed by atoms with Crippen molar-refractivity contribution < 1.29 is 0 Å². The molecule has 0 saturated heterocycles. The van der Waals surface area contributed by atoms with Crippen molar-refractivity contribution in [2.45, 2.75) is 13.8 Å². The van der Waals surface area contributed by atoms with Gasteiger partial charge in [-0.3, -0.25) is 0 Å². The lowest BCUT2D eigenvalue weighted by Crippen LogP contribution is -2.34. The van der Waals surface area contributed by atoms with E-state index in [-0.39, 0.29) is 0 Å². The van der Waals surface area contributed by atoms with Gasteiger partial charge < -0.3 is 10.2 Å². The Kier molecular flexibility index (Phi) is 6.00. The van der Waals surface area contributed by atoms with Gasteiger partial charge in [-0.1, -0.05) is 35.8 Å². The topological polar surface area (TPSA) is 15.3 Å². The van der Waals surface area contributed by atoms with E-state index in [9.17, 15) is 0 Å². The fourth-order valence-electron chi connectivity index (χ4n) is 1.94. The summed E-state index contributed by atoms with van der Waals surface area (Å²) in [6.07, 6.45) is 0. The Morgan fingerprint density at radius 2 is 2.06 bits per heavy atom. The second kappa shape index (κ2) is 7.02. The monoisotopic (exact) mass is 298 g/mol. The number of halogens is 1. The van der Waals surface area contributed by atoms with Gasteiger partial charge in [0.05, 0.1) is 0 Å². The summed E-state index contributed by atoms with van der Waals surface area (Å²) in [6.45, 7) is 6.72. The van der Waals surface area contributed by atoms with E-state index in [1.165, 1.54) is 5.69 Å². The summed E-state index contributed by atoms with van der Waals surface area (Å²) in [5, 5.41) is 3.28. The standard InChI is InChI=1S/C14H23BrN2/c1-11(2)12(9-16-3)10-17(4)14-7-5-6-13(15)8-14/h5-8,11-12,16H,9-10H2,1-4H3. The van der Waals surface area contributed by atoms with E-state index in [1.54, 1.807) is 0 Å². The highest BCUT2D eigenvalue weighted by Gasteiger charge is 2.15. The molecule has 1 atom stereocenters. The third-order valence-electron chi connectivity index (χ3n) is 3.17. The Hall–Kier alpha value is -0.540. The number of nitrogens with one attached hydrogen (secondary N) is 1. The molecule has 1 rings (SSSR count). The fraction of sp³-hybridized carbons (Fsp3) is 0.571. The van der Waals surface area contributed by atoms with Crippen LogP contribution in [0.3, 0.4) is 0 Å². The van der Waals surface area contributed by atoms with Gasteiger partial charge in [0, 0.05) is 23.8 Å². The molecule has 17 heavy (non-hydrogen) atoms. The molecule has 0 aromatic heterocycles. The van der Waals surface area contributed by atoms with Gasteiger partial charge in [0.2, 0.25) is 0 Å². The van der Waals surface area contributed by atoms with Gasteiger partial charge in [0.15, 0.2) is 0 Å². The summed E-state index contributed by atoms with van der Waals surface area (Å²) in [6, 6.07) is 8.46. The molecule has 0 aliphatic rings. The number of hydrogen-bond acceptors (Lipinski definition) is 2. The number of hydrogen-bond donors (Lipinski definition) is 1. The zero-order valence-electron chi connectivity index (χ0n) is 11.2. The van der Waals surface area contributed by atoms with Crippen LogP contribution in [0, 0.1) is 11.8 Å². The maximum atomic E-state index is 3.52. The molecule has 0 bridgehead atoms. The smallest absolute Gasteiger partial charge is 0.0375 e. The Morgan fingerprint density at radius 1 is 1.35 bits per heavy atom. The molecule has 0 spiro atoms. The molecule has 3 heteroatoms. The molecule has 0 amide bonds. The first-order chi connectivity index (χ1) is 8.04. The third kappa shape index (κ3) is 4.68. The molecular formula is C14H23BrN2.